The molecule has 0 amide bonds. The summed E-state index contributed by atoms with van der Waals surface area (Å²) in [5.74, 6) is 0. The maximum absolute atomic E-state index is 12.4. The number of hydrogen-bond donors (Lipinski definition) is 0. The van der Waals surface area contributed by atoms with Gasteiger partial charge in [0.25, 0.3) is 0 Å². The molecule has 51 heavy (non-hydrogen) atoms. The number of rotatable bonds is 10. The fourth-order valence-corrected chi connectivity index (χ4v) is 5.38. The number of alkyl halides is 12. The van der Waals surface area contributed by atoms with Crippen LogP contribution in [0.25, 0.3) is 0 Å². The van der Waals surface area contributed by atoms with Gasteiger partial charge in [0.05, 0.1) is 8.58 Å². The molecule has 296 valence electrons. The van der Waals surface area contributed by atoms with E-state index in [2.05, 4.69) is 63.5 Å². The Morgan fingerprint density at radius 2 is 0.608 bits per heavy atom. The van der Waals surface area contributed by atoms with Crippen molar-refractivity contribution in [3.63, 3.8) is 0 Å². The largest absolute Gasteiger partial charge is 0 e. The molecule has 17 nitrogen and oxygen atoms in total. The Bertz CT molecular complexity index is 1410. The molecule has 0 unspecified atom stereocenters. The van der Waals surface area contributed by atoms with Crippen molar-refractivity contribution < 1.29 is 147 Å². The van der Waals surface area contributed by atoms with Crippen molar-refractivity contribution in [3.05, 3.63) is 43.9 Å². The molecule has 0 aromatic carbocycles. The zero-order valence-corrected chi connectivity index (χ0v) is 30.9. The fourth-order valence-electron chi connectivity index (χ4n) is 1.77. The zero-order chi connectivity index (χ0) is 42.6. The van der Waals surface area contributed by atoms with Crippen molar-refractivity contribution in [2.45, 2.75) is 48.7 Å². The zero-order valence-electron chi connectivity index (χ0n) is 23.6. The number of hydrogen-bond acceptors (Lipinski definition) is 12. The molecule has 0 radical (unpaired) electrons. The minimum absolute atomic E-state index is 0. The van der Waals surface area contributed by atoms with Crippen LogP contribution in [0.5, 0.6) is 0 Å². The third kappa shape index (κ3) is 22.3. The van der Waals surface area contributed by atoms with Crippen molar-refractivity contribution in [2.75, 3.05) is 0 Å². The minimum Gasteiger partial charge on any atom is 0 e. The second kappa shape index (κ2) is 25.4. The van der Waals surface area contributed by atoms with E-state index in [9.17, 15) is 86.4 Å². The SMILES string of the molecule is CCC1=C(CC)[PH2+]1.O=S(=O)(O[B-](OS(=O)(=O)C(F)(F)F)(OS(=O)(=O)C(F)(F)F)OS(=O)(=O)C(F)(F)F)C(F)(F)F.[C-]#[O+].[C-]#[O+].[C-]#[O+].[C-]#[O+].[C-]#[O+].[W]. The molecule has 0 saturated carbocycles. The molecule has 0 saturated heterocycles. The van der Waals surface area contributed by atoms with Crippen LogP contribution in [-0.4, -0.2) is 62.7 Å². The third-order valence-corrected chi connectivity index (χ3v) is 9.70. The van der Waals surface area contributed by atoms with E-state index in [1.165, 1.54) is 12.8 Å². The van der Waals surface area contributed by atoms with Gasteiger partial charge in [0.2, 0.25) is 0 Å². The Labute approximate surface area is 294 Å². The summed E-state index contributed by atoms with van der Waals surface area (Å²) in [4.78, 5) is 0. The molecule has 0 atom stereocenters. The first-order chi connectivity index (χ1) is 22.2. The van der Waals surface area contributed by atoms with Crippen LogP contribution in [-0.2, 0) is 101 Å². The van der Waals surface area contributed by atoms with Gasteiger partial charge in [-0.25, -0.2) is 0 Å². The molecule has 0 spiro atoms. The van der Waals surface area contributed by atoms with Gasteiger partial charge < -0.3 is 16.4 Å². The standard InChI is InChI=1S/C6H11P.C4BF12O12S4.5CO.W/c1-3-5-6(4-2)7-5;6-1(7,8)30(18,19)26-5(27-31(20,21)2(9,10)11,28-32(22,23)3(12,13)14)29-33(24,25)4(15,16)17;5*1-2;/h7H,3-4H2,1-2H3;;;;;;;/q;-1;;;;;;/p+1. The maximum atomic E-state index is 12.4. The summed E-state index contributed by atoms with van der Waals surface area (Å²) in [6, 6.07) is 0. The van der Waals surface area contributed by atoms with Gasteiger partial charge in [-0.1, -0.05) is 13.8 Å². The number of halogens is 12. The second-order valence-electron chi connectivity index (χ2n) is 6.46. The average Bonchev–Trinajstić information content (AvgIpc) is 3.74. The third-order valence-electron chi connectivity index (χ3n) is 3.55. The summed E-state index contributed by atoms with van der Waals surface area (Å²) in [5.41, 5.74) is -28.5. The van der Waals surface area contributed by atoms with Crippen molar-refractivity contribution in [2.24, 2.45) is 0 Å². The van der Waals surface area contributed by atoms with Gasteiger partial charge >= 0.3 is 126 Å². The van der Waals surface area contributed by atoms with Gasteiger partial charge in [-0.2, -0.15) is 86.4 Å². The summed E-state index contributed by atoms with van der Waals surface area (Å²) in [5, 5.41) is 3.59. The molecule has 0 aliphatic carbocycles. The predicted molar refractivity (Wildman–Crippen MR) is 127 cm³/mol. The minimum atomic E-state index is -8.05. The van der Waals surface area contributed by atoms with Gasteiger partial charge in [0.1, 0.15) is 10.6 Å². The van der Waals surface area contributed by atoms with Crippen molar-refractivity contribution >= 4 is 56.0 Å². The van der Waals surface area contributed by atoms with E-state index in [1.807, 2.05) is 0 Å². The van der Waals surface area contributed by atoms with Crippen molar-refractivity contribution in [1.82, 2.24) is 0 Å². The molecule has 1 aliphatic rings. The molecular weight excluding hydrogens is 1030 g/mol. The van der Waals surface area contributed by atoms with E-state index in [1.54, 1.807) is 10.6 Å². The molecular formula is C15H12BF12O17PS4W. The molecule has 0 aromatic heterocycles. The van der Waals surface area contributed by atoms with Gasteiger partial charge in [0, 0.05) is 33.9 Å². The van der Waals surface area contributed by atoms with Crippen molar-refractivity contribution in [1.29, 1.82) is 0 Å². The van der Waals surface area contributed by atoms with Crippen LogP contribution in [0.3, 0.4) is 0 Å². The Morgan fingerprint density at radius 1 is 0.471 bits per heavy atom. The van der Waals surface area contributed by atoms with Gasteiger partial charge in [-0.15, -0.1) is 0 Å². The monoisotopic (exact) mass is 1050 g/mol. The van der Waals surface area contributed by atoms with E-state index in [0.717, 1.165) is 8.58 Å². The summed E-state index contributed by atoms with van der Waals surface area (Å²) in [6.45, 7) is 19.1. The summed E-state index contributed by atoms with van der Waals surface area (Å²) in [6.07, 6.45) is 2.66. The molecule has 36 heteroatoms. The van der Waals surface area contributed by atoms with E-state index in [4.69, 9.17) is 23.3 Å². The molecule has 0 bridgehead atoms. The van der Waals surface area contributed by atoms with E-state index in [-0.39, 0.29) is 21.1 Å². The van der Waals surface area contributed by atoms with Crippen LogP contribution < -0.4 is 0 Å². The van der Waals surface area contributed by atoms with Crippen molar-refractivity contribution in [3.8, 4) is 0 Å². The molecule has 1 aliphatic heterocycles. The molecule has 1 heterocycles. The molecule has 0 aromatic rings. The van der Waals surface area contributed by atoms with Gasteiger partial charge in [-0.3, -0.25) is 0 Å². The van der Waals surface area contributed by atoms with Gasteiger partial charge in [0.15, 0.2) is 0 Å². The van der Waals surface area contributed by atoms with Crippen LogP contribution >= 0.6 is 8.58 Å². The first kappa shape index (κ1) is 64.4. The first-order valence-corrected chi connectivity index (χ1v) is 16.8. The topological polar surface area (TPSA) is 273 Å². The molecule has 0 N–H and O–H groups in total. The van der Waals surface area contributed by atoms with Crippen LogP contribution in [0.4, 0.5) is 52.7 Å². The quantitative estimate of drug-likeness (QED) is 0.0763. The van der Waals surface area contributed by atoms with Gasteiger partial charge in [-0.05, 0) is 0 Å². The summed E-state index contributed by atoms with van der Waals surface area (Å²) >= 11 is 0. The maximum Gasteiger partial charge on any atom is 0 e. The van der Waals surface area contributed by atoms with E-state index < -0.39 is 69.5 Å². The fraction of sp³-hybridized carbons (Fsp3) is 0.533. The Balaban J connectivity index is -0.000000179. The van der Waals surface area contributed by atoms with Crippen LogP contribution in [0.1, 0.15) is 26.7 Å². The van der Waals surface area contributed by atoms with Crippen LogP contribution in [0.2, 0.25) is 0 Å². The second-order valence-corrected chi connectivity index (χ2v) is 14.4. The van der Waals surface area contributed by atoms with E-state index in [0.29, 0.717) is 0 Å². The Kier molecular flexibility index (Phi) is 32.1. The average molecular weight is 1050 g/mol. The normalized spacial score (nSPS) is 13.1. The predicted octanol–water partition coefficient (Wildman–Crippen LogP) is 3.14. The summed E-state index contributed by atoms with van der Waals surface area (Å²) in [7, 11) is -31.5. The first-order valence-electron chi connectivity index (χ1n) is 10.00. The van der Waals surface area contributed by atoms with Crippen LogP contribution in [0.15, 0.2) is 10.6 Å². The Hall–Kier alpha value is -1.58. The number of allylic oxidation sites excluding steroid dienone is 2. The summed E-state index contributed by atoms with van der Waals surface area (Å²) < 4.78 is 282. The molecule has 0 fully saturated rings. The van der Waals surface area contributed by atoms with E-state index >= 15 is 0 Å². The van der Waals surface area contributed by atoms with Crippen LogP contribution in [0, 0.1) is 33.3 Å². The Morgan fingerprint density at radius 3 is 0.686 bits per heavy atom. The smallest absolute Gasteiger partial charge is 0 e. The molecule has 1 rings (SSSR count).